The molecule has 2 N–H and O–H groups in total. The van der Waals surface area contributed by atoms with E-state index in [-0.39, 0.29) is 17.7 Å². The minimum Gasteiger partial charge on any atom is -0.435 e. The van der Waals surface area contributed by atoms with Gasteiger partial charge in [0.05, 0.1) is 5.69 Å². The van der Waals surface area contributed by atoms with Gasteiger partial charge in [-0.25, -0.2) is 4.98 Å². The average molecular weight is 305 g/mol. The van der Waals surface area contributed by atoms with E-state index in [0.717, 1.165) is 32.1 Å². The van der Waals surface area contributed by atoms with E-state index in [1.165, 1.54) is 0 Å². The number of nitrogens with zero attached hydrogens (tertiary/aromatic N) is 2. The number of oxazole rings is 1. The summed E-state index contributed by atoms with van der Waals surface area (Å²) in [5.41, 5.74) is 5.96. The highest BCUT2D eigenvalue weighted by atomic mass is 16.4. The first-order valence-electron chi connectivity index (χ1n) is 8.09. The zero-order chi connectivity index (χ0) is 15.7. The van der Waals surface area contributed by atoms with Crippen LogP contribution in [0.4, 0.5) is 0 Å². The molecule has 1 aromatic rings. The van der Waals surface area contributed by atoms with Gasteiger partial charge in [-0.2, -0.15) is 0 Å². The SMILES string of the molecule is Cc1nc(C2CC2)oc1C(=O)N1CCCC(CC(N)=O)CC1. The number of primary amides is 1. The van der Waals surface area contributed by atoms with Crippen molar-refractivity contribution in [2.75, 3.05) is 13.1 Å². The Morgan fingerprint density at radius 3 is 2.73 bits per heavy atom. The van der Waals surface area contributed by atoms with Crippen molar-refractivity contribution in [2.24, 2.45) is 11.7 Å². The summed E-state index contributed by atoms with van der Waals surface area (Å²) in [6, 6.07) is 0. The van der Waals surface area contributed by atoms with Gasteiger partial charge in [0.1, 0.15) is 0 Å². The molecule has 120 valence electrons. The van der Waals surface area contributed by atoms with E-state index in [4.69, 9.17) is 10.2 Å². The highest BCUT2D eigenvalue weighted by Crippen LogP contribution is 2.40. The second kappa shape index (κ2) is 6.10. The van der Waals surface area contributed by atoms with E-state index in [9.17, 15) is 9.59 Å². The molecule has 1 aromatic heterocycles. The zero-order valence-corrected chi connectivity index (χ0v) is 13.0. The second-order valence-corrected chi connectivity index (χ2v) is 6.50. The third kappa shape index (κ3) is 3.31. The third-order valence-corrected chi connectivity index (χ3v) is 4.56. The van der Waals surface area contributed by atoms with Crippen molar-refractivity contribution in [3.8, 4) is 0 Å². The minimum atomic E-state index is -0.259. The Morgan fingerprint density at radius 2 is 2.05 bits per heavy atom. The maximum Gasteiger partial charge on any atom is 0.291 e. The van der Waals surface area contributed by atoms with Crippen LogP contribution in [0.2, 0.25) is 0 Å². The smallest absolute Gasteiger partial charge is 0.291 e. The third-order valence-electron chi connectivity index (χ3n) is 4.56. The van der Waals surface area contributed by atoms with Gasteiger partial charge >= 0.3 is 0 Å². The lowest BCUT2D eigenvalue weighted by Gasteiger charge is -2.19. The summed E-state index contributed by atoms with van der Waals surface area (Å²) in [6.45, 7) is 3.18. The van der Waals surface area contributed by atoms with Gasteiger partial charge in [-0.3, -0.25) is 9.59 Å². The normalized spacial score (nSPS) is 22.4. The Bertz CT molecular complexity index is 577. The topological polar surface area (TPSA) is 89.4 Å². The number of aryl methyl sites for hydroxylation is 1. The summed E-state index contributed by atoms with van der Waals surface area (Å²) >= 11 is 0. The lowest BCUT2D eigenvalue weighted by molar-refractivity contribution is -0.119. The van der Waals surface area contributed by atoms with Crippen molar-refractivity contribution in [1.29, 1.82) is 0 Å². The number of aromatic nitrogens is 1. The molecule has 0 aromatic carbocycles. The number of amides is 2. The predicted octanol–water partition coefficient (Wildman–Crippen LogP) is 1.98. The molecule has 0 spiro atoms. The van der Waals surface area contributed by atoms with E-state index in [0.29, 0.717) is 42.8 Å². The van der Waals surface area contributed by atoms with Crippen molar-refractivity contribution < 1.29 is 14.0 Å². The van der Waals surface area contributed by atoms with Crippen LogP contribution in [-0.4, -0.2) is 34.8 Å². The minimum absolute atomic E-state index is 0.0726. The van der Waals surface area contributed by atoms with E-state index < -0.39 is 0 Å². The Labute approximate surface area is 130 Å². The lowest BCUT2D eigenvalue weighted by Crippen LogP contribution is -2.32. The second-order valence-electron chi connectivity index (χ2n) is 6.50. The fourth-order valence-electron chi connectivity index (χ4n) is 3.12. The van der Waals surface area contributed by atoms with Crippen LogP contribution < -0.4 is 5.73 Å². The molecule has 2 heterocycles. The largest absolute Gasteiger partial charge is 0.435 e. The van der Waals surface area contributed by atoms with E-state index in [1.807, 2.05) is 11.8 Å². The summed E-state index contributed by atoms with van der Waals surface area (Å²) in [4.78, 5) is 29.9. The summed E-state index contributed by atoms with van der Waals surface area (Å²) < 4.78 is 5.71. The first-order valence-corrected chi connectivity index (χ1v) is 8.09. The van der Waals surface area contributed by atoms with Gasteiger partial charge in [0.15, 0.2) is 5.89 Å². The first kappa shape index (κ1) is 15.1. The van der Waals surface area contributed by atoms with E-state index in [1.54, 1.807) is 0 Å². The zero-order valence-electron chi connectivity index (χ0n) is 13.0. The van der Waals surface area contributed by atoms with Crippen LogP contribution in [-0.2, 0) is 4.79 Å². The first-order chi connectivity index (χ1) is 10.5. The Morgan fingerprint density at radius 1 is 1.27 bits per heavy atom. The molecular formula is C16H23N3O3. The van der Waals surface area contributed by atoms with Crippen LogP contribution in [0.25, 0.3) is 0 Å². The maximum absolute atomic E-state index is 12.7. The maximum atomic E-state index is 12.7. The quantitative estimate of drug-likeness (QED) is 0.921. The molecule has 1 saturated carbocycles. The molecule has 1 saturated heterocycles. The molecule has 1 atom stereocenters. The Kier molecular flexibility index (Phi) is 4.18. The van der Waals surface area contributed by atoms with Gasteiger partial charge in [0, 0.05) is 25.4 Å². The summed E-state index contributed by atoms with van der Waals surface area (Å²) in [5.74, 6) is 1.46. The number of nitrogens with two attached hydrogens (primary N) is 1. The van der Waals surface area contributed by atoms with Crippen LogP contribution in [0.15, 0.2) is 4.42 Å². The molecule has 6 nitrogen and oxygen atoms in total. The number of hydrogen-bond acceptors (Lipinski definition) is 4. The molecule has 2 aliphatic rings. The van der Waals surface area contributed by atoms with Gasteiger partial charge in [0.25, 0.3) is 5.91 Å². The number of carbonyl (C=O) groups excluding carboxylic acids is 2. The van der Waals surface area contributed by atoms with Crippen LogP contribution >= 0.6 is 0 Å². The van der Waals surface area contributed by atoms with Crippen LogP contribution in [0.3, 0.4) is 0 Å². The molecule has 1 aliphatic carbocycles. The molecular weight excluding hydrogens is 282 g/mol. The van der Waals surface area contributed by atoms with Crippen LogP contribution in [0, 0.1) is 12.8 Å². The van der Waals surface area contributed by atoms with Crippen molar-refractivity contribution in [1.82, 2.24) is 9.88 Å². The average Bonchev–Trinajstić information content (AvgIpc) is 3.25. The molecule has 0 radical (unpaired) electrons. The molecule has 2 amide bonds. The van der Waals surface area contributed by atoms with Gasteiger partial charge in [-0.1, -0.05) is 0 Å². The van der Waals surface area contributed by atoms with Crippen molar-refractivity contribution >= 4 is 11.8 Å². The highest BCUT2D eigenvalue weighted by molar-refractivity contribution is 5.92. The highest BCUT2D eigenvalue weighted by Gasteiger charge is 2.32. The standard InChI is InChI=1S/C16H23N3O3/c1-10-14(22-15(18-10)12-4-5-12)16(21)19-7-2-3-11(6-8-19)9-13(17)20/h11-12H,2-9H2,1H3,(H2,17,20). The van der Waals surface area contributed by atoms with Gasteiger partial charge in [-0.05, 0) is 44.9 Å². The van der Waals surface area contributed by atoms with Crippen molar-refractivity contribution in [3.05, 3.63) is 17.3 Å². The fourth-order valence-corrected chi connectivity index (χ4v) is 3.12. The Balaban J connectivity index is 1.65. The lowest BCUT2D eigenvalue weighted by atomic mass is 9.97. The molecule has 6 heteroatoms. The van der Waals surface area contributed by atoms with Gasteiger partial charge < -0.3 is 15.1 Å². The predicted molar refractivity (Wildman–Crippen MR) is 80.3 cm³/mol. The van der Waals surface area contributed by atoms with Crippen molar-refractivity contribution in [3.63, 3.8) is 0 Å². The van der Waals surface area contributed by atoms with Gasteiger partial charge in [0.2, 0.25) is 11.7 Å². The molecule has 2 fully saturated rings. The molecule has 22 heavy (non-hydrogen) atoms. The summed E-state index contributed by atoms with van der Waals surface area (Å²) in [7, 11) is 0. The number of hydrogen-bond donors (Lipinski definition) is 1. The molecule has 3 rings (SSSR count). The number of carbonyl (C=O) groups is 2. The van der Waals surface area contributed by atoms with Crippen LogP contribution in [0.1, 0.15) is 66.6 Å². The monoisotopic (exact) mass is 305 g/mol. The van der Waals surface area contributed by atoms with Crippen LogP contribution in [0.5, 0.6) is 0 Å². The number of likely N-dealkylation sites (tertiary alicyclic amines) is 1. The fraction of sp³-hybridized carbons (Fsp3) is 0.688. The molecule has 1 aliphatic heterocycles. The van der Waals surface area contributed by atoms with Gasteiger partial charge in [-0.15, -0.1) is 0 Å². The molecule has 1 unspecified atom stereocenters. The number of rotatable bonds is 4. The summed E-state index contributed by atoms with van der Waals surface area (Å²) in [5, 5.41) is 0. The van der Waals surface area contributed by atoms with Crippen molar-refractivity contribution in [2.45, 2.75) is 51.4 Å². The Hall–Kier alpha value is -1.85. The van der Waals surface area contributed by atoms with E-state index >= 15 is 0 Å². The summed E-state index contributed by atoms with van der Waals surface area (Å²) in [6.07, 6.45) is 5.27. The molecule has 0 bridgehead atoms. The van der Waals surface area contributed by atoms with E-state index in [2.05, 4.69) is 4.98 Å².